The summed E-state index contributed by atoms with van der Waals surface area (Å²) >= 11 is 0. The highest BCUT2D eigenvalue weighted by atomic mass is 16.5. The lowest BCUT2D eigenvalue weighted by atomic mass is 9.97. The Balaban J connectivity index is 2.08. The first-order valence-electron chi connectivity index (χ1n) is 8.96. The van der Waals surface area contributed by atoms with Crippen molar-refractivity contribution in [2.45, 2.75) is 20.3 Å². The lowest BCUT2D eigenvalue weighted by Crippen LogP contribution is -2.00. The molecule has 0 aliphatic rings. The standard InChI is InChI=1S/C23H23N3O/c1-15(2)11-16-7-9-17(10-8-16)22-13-20(21(14-24)23(25)26-22)18-5-4-6-19(12-18)27-3/h4-10,12-13,15H,11H2,1-3H3,(H2,25,26). The molecule has 0 aliphatic heterocycles. The molecule has 4 nitrogen and oxygen atoms in total. The van der Waals surface area contributed by atoms with Crippen LogP contribution < -0.4 is 10.5 Å². The van der Waals surface area contributed by atoms with E-state index in [9.17, 15) is 5.26 Å². The van der Waals surface area contributed by atoms with Crippen molar-refractivity contribution in [1.29, 1.82) is 5.26 Å². The molecule has 0 unspecified atom stereocenters. The fourth-order valence-corrected chi connectivity index (χ4v) is 3.13. The van der Waals surface area contributed by atoms with Crippen LogP contribution in [0.1, 0.15) is 25.0 Å². The van der Waals surface area contributed by atoms with E-state index in [0.717, 1.165) is 34.6 Å². The number of hydrogen-bond acceptors (Lipinski definition) is 4. The first-order valence-corrected chi connectivity index (χ1v) is 8.96. The number of anilines is 1. The number of nitriles is 1. The van der Waals surface area contributed by atoms with E-state index in [1.165, 1.54) is 5.56 Å². The summed E-state index contributed by atoms with van der Waals surface area (Å²) in [5, 5.41) is 9.57. The zero-order chi connectivity index (χ0) is 19.4. The number of nitrogen functional groups attached to an aromatic ring is 1. The van der Waals surface area contributed by atoms with Gasteiger partial charge in [0, 0.05) is 11.1 Å². The summed E-state index contributed by atoms with van der Waals surface area (Å²) in [5.41, 5.74) is 11.1. The molecule has 27 heavy (non-hydrogen) atoms. The molecule has 2 N–H and O–H groups in total. The van der Waals surface area contributed by atoms with Gasteiger partial charge in [-0.25, -0.2) is 4.98 Å². The van der Waals surface area contributed by atoms with Gasteiger partial charge in [0.25, 0.3) is 0 Å². The van der Waals surface area contributed by atoms with Crippen LogP contribution in [0.15, 0.2) is 54.6 Å². The zero-order valence-electron chi connectivity index (χ0n) is 15.9. The number of methoxy groups -OCH3 is 1. The summed E-state index contributed by atoms with van der Waals surface area (Å²) in [7, 11) is 1.62. The Hall–Kier alpha value is -3.32. The number of hydrogen-bond donors (Lipinski definition) is 1. The lowest BCUT2D eigenvalue weighted by molar-refractivity contribution is 0.415. The topological polar surface area (TPSA) is 71.9 Å². The third-order valence-corrected chi connectivity index (χ3v) is 4.43. The second-order valence-electron chi connectivity index (χ2n) is 6.95. The van der Waals surface area contributed by atoms with Gasteiger partial charge in [0.15, 0.2) is 0 Å². The highest BCUT2D eigenvalue weighted by molar-refractivity contribution is 5.80. The summed E-state index contributed by atoms with van der Waals surface area (Å²) in [4.78, 5) is 4.46. The van der Waals surface area contributed by atoms with Crippen LogP contribution in [0.5, 0.6) is 5.75 Å². The van der Waals surface area contributed by atoms with Gasteiger partial charge in [0.1, 0.15) is 23.2 Å². The van der Waals surface area contributed by atoms with E-state index in [-0.39, 0.29) is 5.82 Å². The molecule has 136 valence electrons. The first-order chi connectivity index (χ1) is 13.0. The fourth-order valence-electron chi connectivity index (χ4n) is 3.13. The SMILES string of the molecule is COc1cccc(-c2cc(-c3ccc(CC(C)C)cc3)nc(N)c2C#N)c1. The summed E-state index contributed by atoms with van der Waals surface area (Å²) in [6.45, 7) is 4.41. The third-order valence-electron chi connectivity index (χ3n) is 4.43. The lowest BCUT2D eigenvalue weighted by Gasteiger charge is -2.12. The average Bonchev–Trinajstić information content (AvgIpc) is 2.67. The number of ether oxygens (including phenoxy) is 1. The molecule has 4 heteroatoms. The smallest absolute Gasteiger partial charge is 0.142 e. The van der Waals surface area contributed by atoms with Crippen molar-refractivity contribution < 1.29 is 4.74 Å². The number of aromatic nitrogens is 1. The van der Waals surface area contributed by atoms with Crippen molar-refractivity contribution in [3.63, 3.8) is 0 Å². The molecular formula is C23H23N3O. The maximum atomic E-state index is 9.57. The van der Waals surface area contributed by atoms with Gasteiger partial charge in [-0.15, -0.1) is 0 Å². The van der Waals surface area contributed by atoms with Crippen molar-refractivity contribution in [3.8, 4) is 34.2 Å². The van der Waals surface area contributed by atoms with Crippen LogP contribution in [0, 0.1) is 17.2 Å². The predicted molar refractivity (Wildman–Crippen MR) is 109 cm³/mol. The van der Waals surface area contributed by atoms with Gasteiger partial charge in [0.2, 0.25) is 0 Å². The van der Waals surface area contributed by atoms with Crippen LogP contribution >= 0.6 is 0 Å². The molecule has 0 aliphatic carbocycles. The minimum absolute atomic E-state index is 0.235. The number of nitrogens with two attached hydrogens (primary N) is 1. The zero-order valence-corrected chi connectivity index (χ0v) is 15.9. The van der Waals surface area contributed by atoms with E-state index in [4.69, 9.17) is 10.5 Å². The van der Waals surface area contributed by atoms with Crippen molar-refractivity contribution in [2.24, 2.45) is 5.92 Å². The number of nitrogens with zero attached hydrogens (tertiary/aromatic N) is 2. The van der Waals surface area contributed by atoms with Crippen molar-refractivity contribution in [2.75, 3.05) is 12.8 Å². The number of rotatable bonds is 5. The molecule has 0 atom stereocenters. The Morgan fingerprint density at radius 1 is 1.07 bits per heavy atom. The van der Waals surface area contributed by atoms with Crippen molar-refractivity contribution in [1.82, 2.24) is 4.98 Å². The second-order valence-corrected chi connectivity index (χ2v) is 6.95. The molecule has 0 radical (unpaired) electrons. The third kappa shape index (κ3) is 4.09. The van der Waals surface area contributed by atoms with Gasteiger partial charge >= 0.3 is 0 Å². The molecule has 2 aromatic carbocycles. The van der Waals surface area contributed by atoms with Crippen LogP contribution in [0.2, 0.25) is 0 Å². The monoisotopic (exact) mass is 357 g/mol. The Bertz CT molecular complexity index is 985. The molecule has 0 spiro atoms. The predicted octanol–water partition coefficient (Wildman–Crippen LogP) is 5.08. The maximum absolute atomic E-state index is 9.57. The Kier molecular flexibility index (Phi) is 5.42. The van der Waals surface area contributed by atoms with Gasteiger partial charge < -0.3 is 10.5 Å². The molecule has 0 fully saturated rings. The number of benzene rings is 2. The average molecular weight is 357 g/mol. The van der Waals surface area contributed by atoms with Gasteiger partial charge in [0.05, 0.1) is 12.8 Å². The minimum Gasteiger partial charge on any atom is -0.497 e. The first kappa shape index (κ1) is 18.5. The number of pyridine rings is 1. The van der Waals surface area contributed by atoms with Crippen molar-refractivity contribution in [3.05, 3.63) is 65.7 Å². The van der Waals surface area contributed by atoms with Crippen LogP contribution in [0.25, 0.3) is 22.4 Å². The van der Waals surface area contributed by atoms with Crippen LogP contribution in [0.4, 0.5) is 5.82 Å². The quantitative estimate of drug-likeness (QED) is 0.691. The van der Waals surface area contributed by atoms with E-state index in [1.54, 1.807) is 7.11 Å². The molecular weight excluding hydrogens is 334 g/mol. The maximum Gasteiger partial charge on any atom is 0.142 e. The highest BCUT2D eigenvalue weighted by Gasteiger charge is 2.14. The Morgan fingerprint density at radius 2 is 1.81 bits per heavy atom. The summed E-state index contributed by atoms with van der Waals surface area (Å²) in [5.74, 6) is 1.57. The molecule has 3 rings (SSSR count). The van der Waals surface area contributed by atoms with Gasteiger partial charge in [-0.2, -0.15) is 5.26 Å². The minimum atomic E-state index is 0.235. The van der Waals surface area contributed by atoms with E-state index in [2.05, 4.69) is 49.2 Å². The molecule has 0 bridgehead atoms. The van der Waals surface area contributed by atoms with E-state index < -0.39 is 0 Å². The second kappa shape index (κ2) is 7.92. The summed E-state index contributed by atoms with van der Waals surface area (Å²) in [6, 6.07) is 20.1. The van der Waals surface area contributed by atoms with Crippen LogP contribution in [-0.2, 0) is 6.42 Å². The Morgan fingerprint density at radius 3 is 2.44 bits per heavy atom. The molecule has 0 saturated carbocycles. The Labute approximate surface area is 160 Å². The van der Waals surface area contributed by atoms with Crippen LogP contribution in [0.3, 0.4) is 0 Å². The largest absolute Gasteiger partial charge is 0.497 e. The molecule has 3 aromatic rings. The van der Waals surface area contributed by atoms with E-state index in [1.807, 2.05) is 30.3 Å². The normalized spacial score (nSPS) is 10.6. The molecule has 1 aromatic heterocycles. The summed E-state index contributed by atoms with van der Waals surface area (Å²) < 4.78 is 5.31. The van der Waals surface area contributed by atoms with Gasteiger partial charge in [-0.1, -0.05) is 50.2 Å². The van der Waals surface area contributed by atoms with Gasteiger partial charge in [-0.3, -0.25) is 0 Å². The van der Waals surface area contributed by atoms with E-state index >= 15 is 0 Å². The molecule has 0 saturated heterocycles. The van der Waals surface area contributed by atoms with Crippen molar-refractivity contribution >= 4 is 5.82 Å². The summed E-state index contributed by atoms with van der Waals surface area (Å²) in [6.07, 6.45) is 1.04. The molecule has 1 heterocycles. The fraction of sp³-hybridized carbons (Fsp3) is 0.217. The van der Waals surface area contributed by atoms with Crippen LogP contribution in [-0.4, -0.2) is 12.1 Å². The highest BCUT2D eigenvalue weighted by Crippen LogP contribution is 2.32. The van der Waals surface area contributed by atoms with E-state index in [0.29, 0.717) is 11.5 Å². The van der Waals surface area contributed by atoms with Gasteiger partial charge in [-0.05, 0) is 41.7 Å². The molecule has 0 amide bonds.